The zero-order valence-electron chi connectivity index (χ0n) is 11.6. The van der Waals surface area contributed by atoms with E-state index in [0.717, 1.165) is 5.56 Å². The molecule has 20 heavy (non-hydrogen) atoms. The summed E-state index contributed by atoms with van der Waals surface area (Å²) >= 11 is 0. The molecule has 108 valence electrons. The average Bonchev–Trinajstić information content (AvgIpc) is 2.39. The third-order valence-corrected chi connectivity index (χ3v) is 4.05. The molecule has 0 radical (unpaired) electrons. The van der Waals surface area contributed by atoms with Gasteiger partial charge in [0.1, 0.15) is 5.69 Å². The van der Waals surface area contributed by atoms with Gasteiger partial charge in [-0.3, -0.25) is 14.9 Å². The lowest BCUT2D eigenvalue weighted by Crippen LogP contribution is -2.42. The van der Waals surface area contributed by atoms with Crippen LogP contribution in [0.25, 0.3) is 0 Å². The smallest absolute Gasteiger partial charge is 0.309 e. The standard InChI is InChI=1S/C14H18N2O4/c1-10-3-4-11(16(19)20)12(9-10)15-7-5-14(2,6-8-15)13(17)18/h3-4,9H,5-8H2,1-2H3,(H,17,18). The summed E-state index contributed by atoms with van der Waals surface area (Å²) in [5.74, 6) is -0.795. The van der Waals surface area contributed by atoms with Crippen LogP contribution < -0.4 is 4.90 Å². The molecule has 1 saturated heterocycles. The maximum atomic E-state index is 11.2. The van der Waals surface area contributed by atoms with Crippen LogP contribution in [0.15, 0.2) is 18.2 Å². The molecule has 2 rings (SSSR count). The zero-order valence-corrected chi connectivity index (χ0v) is 11.6. The lowest BCUT2D eigenvalue weighted by atomic mass is 9.80. The van der Waals surface area contributed by atoms with Gasteiger partial charge in [-0.2, -0.15) is 0 Å². The number of carbonyl (C=O) groups is 1. The first-order valence-electron chi connectivity index (χ1n) is 6.57. The number of carboxylic acids is 1. The number of rotatable bonds is 3. The molecule has 0 bridgehead atoms. The van der Waals surface area contributed by atoms with Crippen LogP contribution in [0, 0.1) is 22.5 Å². The van der Waals surface area contributed by atoms with Gasteiger partial charge in [-0.05, 0) is 38.3 Å². The van der Waals surface area contributed by atoms with E-state index in [0.29, 0.717) is 31.6 Å². The molecule has 0 spiro atoms. The van der Waals surface area contributed by atoms with Crippen LogP contribution in [0.5, 0.6) is 0 Å². The van der Waals surface area contributed by atoms with Gasteiger partial charge in [0.05, 0.1) is 10.3 Å². The van der Waals surface area contributed by atoms with Gasteiger partial charge in [0, 0.05) is 19.2 Å². The van der Waals surface area contributed by atoms with E-state index in [-0.39, 0.29) is 10.6 Å². The number of hydrogen-bond acceptors (Lipinski definition) is 4. The highest BCUT2D eigenvalue weighted by Gasteiger charge is 2.38. The van der Waals surface area contributed by atoms with E-state index in [9.17, 15) is 20.0 Å². The van der Waals surface area contributed by atoms with Crippen molar-refractivity contribution < 1.29 is 14.8 Å². The predicted molar refractivity (Wildman–Crippen MR) is 75.0 cm³/mol. The Balaban J connectivity index is 2.25. The number of anilines is 1. The summed E-state index contributed by atoms with van der Waals surface area (Å²) in [7, 11) is 0. The van der Waals surface area contributed by atoms with Crippen molar-refractivity contribution >= 4 is 17.3 Å². The fraction of sp³-hybridized carbons (Fsp3) is 0.500. The van der Waals surface area contributed by atoms with Gasteiger partial charge in [0.25, 0.3) is 5.69 Å². The molecule has 6 heteroatoms. The van der Waals surface area contributed by atoms with Crippen molar-refractivity contribution in [3.63, 3.8) is 0 Å². The molecular formula is C14H18N2O4. The largest absolute Gasteiger partial charge is 0.481 e. The lowest BCUT2D eigenvalue weighted by molar-refractivity contribution is -0.384. The maximum Gasteiger partial charge on any atom is 0.309 e. The molecule has 0 aromatic heterocycles. The molecule has 0 unspecified atom stereocenters. The Morgan fingerprint density at radius 2 is 2.00 bits per heavy atom. The second-order valence-electron chi connectivity index (χ2n) is 5.60. The zero-order chi connectivity index (χ0) is 14.9. The third-order valence-electron chi connectivity index (χ3n) is 4.05. The number of aliphatic carboxylic acids is 1. The summed E-state index contributed by atoms with van der Waals surface area (Å²) < 4.78 is 0. The number of nitro benzene ring substituents is 1. The Bertz CT molecular complexity index is 548. The highest BCUT2D eigenvalue weighted by Crippen LogP contribution is 2.36. The van der Waals surface area contributed by atoms with Crippen LogP contribution in [0.2, 0.25) is 0 Å². The highest BCUT2D eigenvalue weighted by atomic mass is 16.6. The molecule has 1 aromatic carbocycles. The first-order chi connectivity index (χ1) is 9.33. The minimum Gasteiger partial charge on any atom is -0.481 e. The average molecular weight is 278 g/mol. The topological polar surface area (TPSA) is 83.7 Å². The Kier molecular flexibility index (Phi) is 3.65. The van der Waals surface area contributed by atoms with Crippen LogP contribution >= 0.6 is 0 Å². The molecule has 1 aromatic rings. The highest BCUT2D eigenvalue weighted by molar-refractivity contribution is 5.75. The van der Waals surface area contributed by atoms with Crippen LogP contribution in [0.4, 0.5) is 11.4 Å². The van der Waals surface area contributed by atoms with Gasteiger partial charge in [0.2, 0.25) is 0 Å². The number of piperidine rings is 1. The predicted octanol–water partition coefficient (Wildman–Crippen LogP) is 2.59. The number of nitro groups is 1. The minimum absolute atomic E-state index is 0.0783. The Morgan fingerprint density at radius 3 is 2.50 bits per heavy atom. The quantitative estimate of drug-likeness (QED) is 0.678. The number of hydrogen-bond donors (Lipinski definition) is 1. The SMILES string of the molecule is Cc1ccc([N+](=O)[O-])c(N2CCC(C)(C(=O)O)CC2)c1. The summed E-state index contributed by atoms with van der Waals surface area (Å²) in [6, 6.07) is 5.02. The Labute approximate surface area is 117 Å². The second-order valence-corrected chi connectivity index (χ2v) is 5.60. The first-order valence-corrected chi connectivity index (χ1v) is 6.57. The first kappa shape index (κ1) is 14.3. The fourth-order valence-electron chi connectivity index (χ4n) is 2.50. The van der Waals surface area contributed by atoms with Crippen LogP contribution in [0.3, 0.4) is 0 Å². The molecule has 0 amide bonds. The molecule has 1 heterocycles. The monoisotopic (exact) mass is 278 g/mol. The molecule has 0 aliphatic carbocycles. The van der Waals surface area contributed by atoms with Crippen molar-refractivity contribution in [2.75, 3.05) is 18.0 Å². The molecule has 0 saturated carbocycles. The summed E-state index contributed by atoms with van der Waals surface area (Å²) in [6.45, 7) is 4.66. The molecular weight excluding hydrogens is 260 g/mol. The summed E-state index contributed by atoms with van der Waals surface area (Å²) in [4.78, 5) is 23.8. The summed E-state index contributed by atoms with van der Waals surface area (Å²) in [5.41, 5.74) is 0.892. The summed E-state index contributed by atoms with van der Waals surface area (Å²) in [5, 5.41) is 20.3. The van der Waals surface area contributed by atoms with Crippen LogP contribution in [-0.4, -0.2) is 29.1 Å². The van der Waals surface area contributed by atoms with Gasteiger partial charge >= 0.3 is 5.97 Å². The number of benzene rings is 1. The normalized spacial score (nSPS) is 17.8. The second kappa shape index (κ2) is 5.11. The lowest BCUT2D eigenvalue weighted by Gasteiger charge is -2.37. The van der Waals surface area contributed by atoms with Crippen molar-refractivity contribution in [3.8, 4) is 0 Å². The van der Waals surface area contributed by atoms with E-state index in [1.165, 1.54) is 6.07 Å². The molecule has 1 N–H and O–H groups in total. The number of nitrogens with zero attached hydrogens (tertiary/aromatic N) is 2. The van der Waals surface area contributed by atoms with Crippen LogP contribution in [0.1, 0.15) is 25.3 Å². The van der Waals surface area contributed by atoms with E-state index < -0.39 is 11.4 Å². The molecule has 6 nitrogen and oxygen atoms in total. The van der Waals surface area contributed by atoms with Crippen molar-refractivity contribution in [1.29, 1.82) is 0 Å². The van der Waals surface area contributed by atoms with E-state index >= 15 is 0 Å². The van der Waals surface area contributed by atoms with E-state index in [4.69, 9.17) is 0 Å². The molecule has 1 aliphatic heterocycles. The van der Waals surface area contributed by atoms with Crippen LogP contribution in [-0.2, 0) is 4.79 Å². The van der Waals surface area contributed by atoms with E-state index in [1.54, 1.807) is 19.1 Å². The number of carboxylic acid groups (broad SMARTS) is 1. The van der Waals surface area contributed by atoms with E-state index in [1.807, 2.05) is 11.8 Å². The Morgan fingerprint density at radius 1 is 1.40 bits per heavy atom. The van der Waals surface area contributed by atoms with Crippen molar-refractivity contribution in [2.45, 2.75) is 26.7 Å². The van der Waals surface area contributed by atoms with Gasteiger partial charge < -0.3 is 10.0 Å². The van der Waals surface area contributed by atoms with Crippen molar-refractivity contribution in [2.24, 2.45) is 5.41 Å². The van der Waals surface area contributed by atoms with Gasteiger partial charge in [-0.25, -0.2) is 0 Å². The fourth-order valence-corrected chi connectivity index (χ4v) is 2.50. The summed E-state index contributed by atoms with van der Waals surface area (Å²) in [6.07, 6.45) is 0.987. The van der Waals surface area contributed by atoms with Crippen molar-refractivity contribution in [3.05, 3.63) is 33.9 Å². The molecule has 1 aliphatic rings. The Hall–Kier alpha value is -2.11. The third kappa shape index (κ3) is 2.59. The minimum atomic E-state index is -0.795. The van der Waals surface area contributed by atoms with E-state index in [2.05, 4.69) is 0 Å². The van der Waals surface area contributed by atoms with Gasteiger partial charge in [-0.15, -0.1) is 0 Å². The van der Waals surface area contributed by atoms with Crippen molar-refractivity contribution in [1.82, 2.24) is 0 Å². The molecule has 0 atom stereocenters. The number of aryl methyl sites for hydroxylation is 1. The maximum absolute atomic E-state index is 11.2. The van der Waals surface area contributed by atoms with Gasteiger partial charge in [0.15, 0.2) is 0 Å². The molecule has 1 fully saturated rings. The van der Waals surface area contributed by atoms with Gasteiger partial charge in [-0.1, -0.05) is 6.07 Å².